The Balaban J connectivity index is 1.42. The average molecular weight is 430 g/mol. The zero-order valence-corrected chi connectivity index (χ0v) is 18.5. The molecule has 0 bridgehead atoms. The molecule has 162 valence electrons. The first kappa shape index (κ1) is 22.6. The molecule has 7 nitrogen and oxygen atoms in total. The quantitative estimate of drug-likeness (QED) is 0.670. The predicted molar refractivity (Wildman–Crippen MR) is 119 cm³/mol. The van der Waals surface area contributed by atoms with Crippen molar-refractivity contribution in [1.29, 1.82) is 5.26 Å². The molecule has 3 rings (SSSR count). The molecule has 0 saturated carbocycles. The van der Waals surface area contributed by atoms with Crippen LogP contribution in [0.15, 0.2) is 29.2 Å². The number of carbonyl (C=O) groups excluding carboxylic acids is 2. The fourth-order valence-corrected chi connectivity index (χ4v) is 4.72. The van der Waals surface area contributed by atoms with Gasteiger partial charge in [-0.05, 0) is 38.3 Å². The van der Waals surface area contributed by atoms with E-state index in [-0.39, 0.29) is 11.8 Å². The highest BCUT2D eigenvalue weighted by Crippen LogP contribution is 2.26. The van der Waals surface area contributed by atoms with Gasteiger partial charge in [-0.25, -0.2) is 0 Å². The van der Waals surface area contributed by atoms with E-state index in [2.05, 4.69) is 28.1 Å². The largest absolute Gasteiger partial charge is 0.339 e. The van der Waals surface area contributed by atoms with Gasteiger partial charge in [0.15, 0.2) is 0 Å². The summed E-state index contributed by atoms with van der Waals surface area (Å²) >= 11 is 1.42. The first-order valence-electron chi connectivity index (χ1n) is 10.7. The number of benzene rings is 1. The fraction of sp³-hybridized carbons (Fsp3) is 0.591. The zero-order valence-electron chi connectivity index (χ0n) is 17.7. The SMILES string of the molecule is C[C@H]1CCCCN1C(=O)CN1CCN(CC(=O)Nc2ccccc2SCC#N)CC1. The minimum atomic E-state index is -0.0494. The second-order valence-corrected chi connectivity index (χ2v) is 8.99. The van der Waals surface area contributed by atoms with Crippen molar-refractivity contribution in [2.45, 2.75) is 37.1 Å². The second-order valence-electron chi connectivity index (χ2n) is 7.98. The van der Waals surface area contributed by atoms with Gasteiger partial charge in [0.05, 0.1) is 30.6 Å². The molecule has 1 N–H and O–H groups in total. The third-order valence-corrected chi connectivity index (χ3v) is 6.71. The molecule has 2 saturated heterocycles. The molecule has 2 aliphatic heterocycles. The lowest BCUT2D eigenvalue weighted by molar-refractivity contribution is -0.136. The van der Waals surface area contributed by atoms with E-state index >= 15 is 0 Å². The first-order chi connectivity index (χ1) is 14.6. The van der Waals surface area contributed by atoms with Crippen LogP contribution in [0, 0.1) is 11.3 Å². The Morgan fingerprint density at radius 2 is 1.80 bits per heavy atom. The van der Waals surface area contributed by atoms with Crippen LogP contribution in [0.4, 0.5) is 5.69 Å². The molecule has 2 amide bonds. The topological polar surface area (TPSA) is 79.7 Å². The van der Waals surface area contributed by atoms with Crippen LogP contribution in [-0.2, 0) is 9.59 Å². The van der Waals surface area contributed by atoms with Crippen LogP contribution in [0.2, 0.25) is 0 Å². The van der Waals surface area contributed by atoms with E-state index in [1.165, 1.54) is 18.2 Å². The van der Waals surface area contributed by atoms with Gasteiger partial charge in [0, 0.05) is 43.7 Å². The zero-order chi connectivity index (χ0) is 21.3. The highest BCUT2D eigenvalue weighted by Gasteiger charge is 2.26. The van der Waals surface area contributed by atoms with Crippen molar-refractivity contribution in [2.75, 3.05) is 56.9 Å². The van der Waals surface area contributed by atoms with Gasteiger partial charge in [-0.3, -0.25) is 19.4 Å². The minimum absolute atomic E-state index is 0.0494. The molecule has 0 unspecified atom stereocenters. The summed E-state index contributed by atoms with van der Waals surface area (Å²) < 4.78 is 0. The number of nitriles is 1. The molecule has 2 heterocycles. The molecule has 2 aliphatic rings. The van der Waals surface area contributed by atoms with E-state index in [1.807, 2.05) is 29.2 Å². The van der Waals surface area contributed by atoms with Gasteiger partial charge < -0.3 is 10.2 Å². The maximum atomic E-state index is 12.6. The van der Waals surface area contributed by atoms with Crippen LogP contribution < -0.4 is 5.32 Å². The number of nitrogens with one attached hydrogen (secondary N) is 1. The Labute approximate surface area is 183 Å². The van der Waals surface area contributed by atoms with Gasteiger partial charge in [0.25, 0.3) is 0 Å². The number of piperidine rings is 1. The van der Waals surface area contributed by atoms with Crippen LogP contribution in [0.1, 0.15) is 26.2 Å². The fourth-order valence-electron chi connectivity index (χ4n) is 4.05. The molecule has 1 aromatic carbocycles. The number of carbonyl (C=O) groups is 2. The third kappa shape index (κ3) is 6.46. The number of nitrogens with zero attached hydrogens (tertiary/aromatic N) is 4. The van der Waals surface area contributed by atoms with E-state index in [4.69, 9.17) is 5.26 Å². The molecule has 8 heteroatoms. The van der Waals surface area contributed by atoms with Crippen molar-refractivity contribution >= 4 is 29.3 Å². The van der Waals surface area contributed by atoms with E-state index in [9.17, 15) is 9.59 Å². The van der Waals surface area contributed by atoms with E-state index < -0.39 is 0 Å². The van der Waals surface area contributed by atoms with Crippen LogP contribution in [-0.4, -0.2) is 84.1 Å². The van der Waals surface area contributed by atoms with Crippen LogP contribution in [0.3, 0.4) is 0 Å². The van der Waals surface area contributed by atoms with Crippen molar-refractivity contribution in [3.05, 3.63) is 24.3 Å². The molecular weight excluding hydrogens is 398 g/mol. The van der Waals surface area contributed by atoms with E-state index in [0.29, 0.717) is 24.9 Å². The standard InChI is InChI=1S/C22H31N5O2S/c1-18-6-4-5-10-27(18)22(29)17-26-13-11-25(12-14-26)16-21(28)24-19-7-2-3-8-20(19)30-15-9-23/h2-3,7-8,18H,4-6,10-17H2,1H3,(H,24,28)/t18-/m0/s1. The number of amides is 2. The number of thioether (sulfide) groups is 1. The summed E-state index contributed by atoms with van der Waals surface area (Å²) in [6.07, 6.45) is 3.43. The number of anilines is 1. The number of hydrogen-bond donors (Lipinski definition) is 1. The second kappa shape index (κ2) is 11.3. The van der Waals surface area contributed by atoms with Gasteiger partial charge >= 0.3 is 0 Å². The minimum Gasteiger partial charge on any atom is -0.339 e. The maximum Gasteiger partial charge on any atom is 0.238 e. The molecule has 0 aromatic heterocycles. The summed E-state index contributed by atoms with van der Waals surface area (Å²) in [5.41, 5.74) is 0.752. The van der Waals surface area contributed by atoms with E-state index in [1.54, 1.807) is 0 Å². The Morgan fingerprint density at radius 1 is 1.10 bits per heavy atom. The van der Waals surface area contributed by atoms with Gasteiger partial charge in [-0.2, -0.15) is 5.26 Å². The summed E-state index contributed by atoms with van der Waals surface area (Å²) in [5, 5.41) is 11.8. The van der Waals surface area contributed by atoms with Crippen LogP contribution in [0.5, 0.6) is 0 Å². The monoisotopic (exact) mass is 429 g/mol. The lowest BCUT2D eigenvalue weighted by Gasteiger charge is -2.37. The lowest BCUT2D eigenvalue weighted by atomic mass is 10.0. The Kier molecular flexibility index (Phi) is 8.55. The average Bonchev–Trinajstić information content (AvgIpc) is 2.74. The van der Waals surface area contributed by atoms with Crippen LogP contribution >= 0.6 is 11.8 Å². The number of rotatable bonds is 7. The van der Waals surface area contributed by atoms with Gasteiger partial charge in [0.1, 0.15) is 0 Å². The van der Waals surface area contributed by atoms with Crippen molar-refractivity contribution in [3.63, 3.8) is 0 Å². The molecule has 1 aromatic rings. The molecule has 0 radical (unpaired) electrons. The third-order valence-electron chi connectivity index (χ3n) is 5.77. The molecule has 1 atom stereocenters. The predicted octanol–water partition coefficient (Wildman–Crippen LogP) is 2.26. The molecule has 2 fully saturated rings. The Bertz CT molecular complexity index is 773. The number of piperazine rings is 1. The maximum absolute atomic E-state index is 12.6. The smallest absolute Gasteiger partial charge is 0.238 e. The normalized spacial score (nSPS) is 20.5. The molecule has 30 heavy (non-hydrogen) atoms. The highest BCUT2D eigenvalue weighted by atomic mass is 32.2. The van der Waals surface area contributed by atoms with Crippen molar-refractivity contribution < 1.29 is 9.59 Å². The summed E-state index contributed by atoms with van der Waals surface area (Å²) in [5.74, 6) is 0.538. The number of para-hydroxylation sites is 1. The van der Waals surface area contributed by atoms with Crippen molar-refractivity contribution in [2.24, 2.45) is 0 Å². The number of hydrogen-bond acceptors (Lipinski definition) is 6. The first-order valence-corrected chi connectivity index (χ1v) is 11.7. The number of likely N-dealkylation sites (tertiary alicyclic amines) is 1. The summed E-state index contributed by atoms with van der Waals surface area (Å²) in [6.45, 7) is 7.00. The molecule has 0 spiro atoms. The van der Waals surface area contributed by atoms with Gasteiger partial charge in [-0.15, -0.1) is 11.8 Å². The van der Waals surface area contributed by atoms with Crippen LogP contribution in [0.25, 0.3) is 0 Å². The summed E-state index contributed by atoms with van der Waals surface area (Å²) in [6, 6.07) is 10.0. The van der Waals surface area contributed by atoms with Crippen molar-refractivity contribution in [3.8, 4) is 6.07 Å². The molecular formula is C22H31N5O2S. The van der Waals surface area contributed by atoms with Gasteiger partial charge in [0.2, 0.25) is 11.8 Å². The lowest BCUT2D eigenvalue weighted by Crippen LogP contribution is -2.53. The summed E-state index contributed by atoms with van der Waals surface area (Å²) in [7, 11) is 0. The Morgan fingerprint density at radius 3 is 2.50 bits per heavy atom. The highest BCUT2D eigenvalue weighted by molar-refractivity contribution is 7.99. The Hall–Kier alpha value is -2.08. The van der Waals surface area contributed by atoms with E-state index in [0.717, 1.165) is 56.1 Å². The molecule has 0 aliphatic carbocycles. The summed E-state index contributed by atoms with van der Waals surface area (Å²) in [4.78, 5) is 32.4. The van der Waals surface area contributed by atoms with Gasteiger partial charge in [-0.1, -0.05) is 12.1 Å². The van der Waals surface area contributed by atoms with Crippen molar-refractivity contribution in [1.82, 2.24) is 14.7 Å².